The minimum absolute atomic E-state index is 0.408. The highest BCUT2D eigenvalue weighted by Gasteiger charge is 2.47. The number of carboxylic acid groups (broad SMARTS) is 1. The third-order valence-corrected chi connectivity index (χ3v) is 5.04. The predicted octanol–water partition coefficient (Wildman–Crippen LogP) is 1.89. The summed E-state index contributed by atoms with van der Waals surface area (Å²) in [5.41, 5.74) is 0.0396. The average molecular weight is 298 g/mol. The number of aliphatic carboxylic acids is 1. The maximum Gasteiger partial charge on any atom is 0.312 e. The van der Waals surface area contributed by atoms with Crippen LogP contribution in [0.2, 0.25) is 0 Å². The number of thiazole rings is 1. The van der Waals surface area contributed by atoms with Gasteiger partial charge in [0.2, 0.25) is 0 Å². The van der Waals surface area contributed by atoms with Gasteiger partial charge in [0.05, 0.1) is 18.1 Å². The first-order valence-corrected chi connectivity index (χ1v) is 7.90. The van der Waals surface area contributed by atoms with Gasteiger partial charge in [0, 0.05) is 17.6 Å². The van der Waals surface area contributed by atoms with Crippen molar-refractivity contribution in [3.05, 3.63) is 16.1 Å². The third kappa shape index (κ3) is 3.02. The second-order valence-corrected chi connectivity index (χ2v) is 6.54. The lowest BCUT2D eigenvalue weighted by atomic mass is 9.73. The Bertz CT molecular complexity index is 477. The van der Waals surface area contributed by atoms with Crippen LogP contribution in [0.1, 0.15) is 36.9 Å². The molecule has 0 aliphatic carbocycles. The largest absolute Gasteiger partial charge is 0.481 e. The zero-order valence-electron chi connectivity index (χ0n) is 12.0. The van der Waals surface area contributed by atoms with Crippen molar-refractivity contribution >= 4 is 17.3 Å². The van der Waals surface area contributed by atoms with E-state index in [0.29, 0.717) is 32.5 Å². The maximum atomic E-state index is 11.6. The van der Waals surface area contributed by atoms with Crippen LogP contribution in [0, 0.1) is 12.3 Å². The van der Waals surface area contributed by atoms with E-state index >= 15 is 0 Å². The number of aryl methyl sites for hydroxylation is 1. The summed E-state index contributed by atoms with van der Waals surface area (Å²) in [7, 11) is 0. The first-order chi connectivity index (χ1) is 9.48. The lowest BCUT2D eigenvalue weighted by Crippen LogP contribution is -2.54. The van der Waals surface area contributed by atoms with Gasteiger partial charge in [-0.05, 0) is 26.3 Å². The number of carbonyl (C=O) groups is 1. The van der Waals surface area contributed by atoms with Crippen molar-refractivity contribution in [1.82, 2.24) is 9.88 Å². The molecule has 0 unspecified atom stereocenters. The lowest BCUT2D eigenvalue weighted by molar-refractivity contribution is -0.164. The van der Waals surface area contributed by atoms with Gasteiger partial charge in [-0.15, -0.1) is 11.3 Å². The number of carboxylic acids is 1. The Morgan fingerprint density at radius 2 is 2.40 bits per heavy atom. The predicted molar refractivity (Wildman–Crippen MR) is 77.7 cm³/mol. The van der Waals surface area contributed by atoms with Crippen molar-refractivity contribution in [1.29, 1.82) is 0 Å². The molecule has 0 amide bonds. The minimum Gasteiger partial charge on any atom is -0.481 e. The fourth-order valence-electron chi connectivity index (χ4n) is 2.94. The van der Waals surface area contributed by atoms with Crippen molar-refractivity contribution < 1.29 is 15.0 Å². The molecule has 6 heteroatoms. The molecule has 1 aliphatic heterocycles. The van der Waals surface area contributed by atoms with Gasteiger partial charge >= 0.3 is 5.97 Å². The van der Waals surface area contributed by atoms with Crippen LogP contribution in [0.15, 0.2) is 5.38 Å². The van der Waals surface area contributed by atoms with Crippen LogP contribution in [0.5, 0.6) is 0 Å². The third-order valence-electron chi connectivity index (χ3n) is 4.09. The first-order valence-electron chi connectivity index (χ1n) is 7.03. The number of piperidine rings is 1. The van der Waals surface area contributed by atoms with E-state index in [4.69, 9.17) is 0 Å². The summed E-state index contributed by atoms with van der Waals surface area (Å²) >= 11 is 1.61. The van der Waals surface area contributed by atoms with E-state index in [1.165, 1.54) is 0 Å². The van der Waals surface area contributed by atoms with Crippen LogP contribution in [0.4, 0.5) is 0 Å². The Hall–Kier alpha value is -0.980. The van der Waals surface area contributed by atoms with Gasteiger partial charge in [-0.3, -0.25) is 9.69 Å². The zero-order valence-corrected chi connectivity index (χ0v) is 12.8. The second-order valence-electron chi connectivity index (χ2n) is 5.59. The molecule has 1 aliphatic rings. The van der Waals surface area contributed by atoms with Gasteiger partial charge in [-0.1, -0.05) is 13.3 Å². The van der Waals surface area contributed by atoms with Crippen molar-refractivity contribution in [2.24, 2.45) is 5.41 Å². The molecule has 0 bridgehead atoms. The van der Waals surface area contributed by atoms with E-state index < -0.39 is 17.5 Å². The average Bonchev–Trinajstić information content (AvgIpc) is 2.78. The topological polar surface area (TPSA) is 73.7 Å². The number of β-amino-alcohol motifs (C(OH)–C–C–N with tert-alkyl or cyclic N) is 1. The van der Waals surface area contributed by atoms with Gasteiger partial charge in [0.25, 0.3) is 0 Å². The summed E-state index contributed by atoms with van der Waals surface area (Å²) in [5.74, 6) is -0.864. The Morgan fingerprint density at radius 3 is 2.90 bits per heavy atom. The standard InChI is InChI=1S/C14H22N2O3S/c1-3-4-14(13(18)19)5-6-16(7-11(14)17)8-12-15-10(2)9-20-12/h9,11,17H,3-8H2,1-2H3,(H,18,19)/t11-,14+/m1/s1. The van der Waals surface area contributed by atoms with Crippen LogP contribution in [0.25, 0.3) is 0 Å². The smallest absolute Gasteiger partial charge is 0.312 e. The Balaban J connectivity index is 2.02. The fourth-order valence-corrected chi connectivity index (χ4v) is 3.75. The molecule has 1 saturated heterocycles. The monoisotopic (exact) mass is 298 g/mol. The molecule has 2 rings (SSSR count). The van der Waals surface area contributed by atoms with Gasteiger partial charge in [-0.2, -0.15) is 0 Å². The van der Waals surface area contributed by atoms with E-state index in [2.05, 4.69) is 9.88 Å². The van der Waals surface area contributed by atoms with E-state index in [0.717, 1.165) is 17.1 Å². The van der Waals surface area contributed by atoms with Crippen LogP contribution < -0.4 is 0 Å². The van der Waals surface area contributed by atoms with E-state index in [1.807, 2.05) is 19.2 Å². The second kappa shape index (κ2) is 6.20. The molecular formula is C14H22N2O3S. The number of aliphatic hydroxyl groups excluding tert-OH is 1. The fraction of sp³-hybridized carbons (Fsp3) is 0.714. The van der Waals surface area contributed by atoms with Crippen LogP contribution in [-0.2, 0) is 11.3 Å². The highest BCUT2D eigenvalue weighted by Crippen LogP contribution is 2.37. The lowest BCUT2D eigenvalue weighted by Gasteiger charge is -2.42. The summed E-state index contributed by atoms with van der Waals surface area (Å²) in [4.78, 5) is 18.1. The van der Waals surface area contributed by atoms with Gasteiger partial charge in [0.1, 0.15) is 5.01 Å². The molecule has 1 fully saturated rings. The Kier molecular flexibility index (Phi) is 4.78. The van der Waals surface area contributed by atoms with Gasteiger partial charge in [-0.25, -0.2) is 4.98 Å². The highest BCUT2D eigenvalue weighted by atomic mass is 32.1. The molecule has 0 radical (unpaired) electrons. The van der Waals surface area contributed by atoms with Crippen LogP contribution in [0.3, 0.4) is 0 Å². The molecule has 0 aromatic carbocycles. The summed E-state index contributed by atoms with van der Waals surface area (Å²) < 4.78 is 0. The summed E-state index contributed by atoms with van der Waals surface area (Å²) in [6.45, 7) is 5.72. The molecule has 112 valence electrons. The molecule has 20 heavy (non-hydrogen) atoms. The molecule has 2 heterocycles. The van der Waals surface area contributed by atoms with Crippen LogP contribution in [-0.4, -0.2) is 45.3 Å². The van der Waals surface area contributed by atoms with Crippen LogP contribution >= 0.6 is 11.3 Å². The Labute approximate surface area is 123 Å². The summed E-state index contributed by atoms with van der Waals surface area (Å²) in [5, 5.41) is 22.8. The molecule has 0 spiro atoms. The highest BCUT2D eigenvalue weighted by molar-refractivity contribution is 7.09. The SMILES string of the molecule is CCC[C@]1(C(=O)O)CCN(Cc2nc(C)cs2)C[C@H]1O. The number of rotatable bonds is 5. The van der Waals surface area contributed by atoms with E-state index in [-0.39, 0.29) is 0 Å². The van der Waals surface area contributed by atoms with Gasteiger partial charge in [0.15, 0.2) is 0 Å². The molecule has 5 nitrogen and oxygen atoms in total. The molecule has 1 aromatic rings. The quantitative estimate of drug-likeness (QED) is 0.868. The number of hydrogen-bond acceptors (Lipinski definition) is 5. The number of likely N-dealkylation sites (tertiary alicyclic amines) is 1. The Morgan fingerprint density at radius 1 is 1.65 bits per heavy atom. The van der Waals surface area contributed by atoms with Crippen molar-refractivity contribution in [2.45, 2.75) is 45.8 Å². The zero-order chi connectivity index (χ0) is 14.8. The normalized spacial score (nSPS) is 27.6. The van der Waals surface area contributed by atoms with Crippen molar-refractivity contribution in [3.8, 4) is 0 Å². The summed E-state index contributed by atoms with van der Waals surface area (Å²) in [6.07, 6.45) is 1.000. The van der Waals surface area contributed by atoms with E-state index in [1.54, 1.807) is 11.3 Å². The van der Waals surface area contributed by atoms with E-state index in [9.17, 15) is 15.0 Å². The minimum atomic E-state index is -0.968. The van der Waals surface area contributed by atoms with Gasteiger partial charge < -0.3 is 10.2 Å². The van der Waals surface area contributed by atoms with Crippen molar-refractivity contribution in [2.75, 3.05) is 13.1 Å². The molecule has 2 N–H and O–H groups in total. The first kappa shape index (κ1) is 15.4. The number of hydrogen-bond donors (Lipinski definition) is 2. The number of nitrogens with zero attached hydrogens (tertiary/aromatic N) is 2. The molecular weight excluding hydrogens is 276 g/mol. The molecule has 2 atom stereocenters. The molecule has 1 aromatic heterocycles. The number of aliphatic hydroxyl groups is 1. The summed E-state index contributed by atoms with van der Waals surface area (Å²) in [6, 6.07) is 0. The maximum absolute atomic E-state index is 11.6. The van der Waals surface area contributed by atoms with Crippen molar-refractivity contribution in [3.63, 3.8) is 0 Å². The number of aromatic nitrogens is 1. The molecule has 0 saturated carbocycles.